The molecule has 4 nitrogen and oxygen atoms in total. The zero-order valence-electron chi connectivity index (χ0n) is 8.27. The maximum absolute atomic E-state index is 9.36. The van der Waals surface area contributed by atoms with Crippen LogP contribution in [-0.2, 0) is 13.0 Å². The molecular formula is C11H12N2O2. The summed E-state index contributed by atoms with van der Waals surface area (Å²) in [5, 5.41) is 27.3. The first kappa shape index (κ1) is 9.81. The van der Waals surface area contributed by atoms with E-state index in [9.17, 15) is 10.2 Å². The van der Waals surface area contributed by atoms with Crippen LogP contribution in [0.25, 0.3) is 0 Å². The number of fused-ring (bicyclic) bond motifs is 1. The molecule has 1 aromatic rings. The number of phenolic OH excluding ortho intramolecular Hbond substituents is 2. The molecule has 4 heteroatoms. The number of nitriles is 1. The van der Waals surface area contributed by atoms with Crippen molar-refractivity contribution in [1.29, 1.82) is 5.26 Å². The van der Waals surface area contributed by atoms with E-state index in [1.165, 1.54) is 0 Å². The van der Waals surface area contributed by atoms with Gasteiger partial charge in [0.05, 0.1) is 12.6 Å². The summed E-state index contributed by atoms with van der Waals surface area (Å²) in [5.41, 5.74) is 2.05. The maximum Gasteiger partial charge on any atom is 0.157 e. The number of aromatic hydroxyl groups is 2. The van der Waals surface area contributed by atoms with Crippen LogP contribution in [0.2, 0.25) is 0 Å². The third-order valence-corrected chi connectivity index (χ3v) is 2.68. The maximum atomic E-state index is 9.36. The summed E-state index contributed by atoms with van der Waals surface area (Å²) in [7, 11) is 0. The van der Waals surface area contributed by atoms with Gasteiger partial charge in [-0.3, -0.25) is 4.90 Å². The highest BCUT2D eigenvalue weighted by molar-refractivity contribution is 5.46. The van der Waals surface area contributed by atoms with Crippen molar-refractivity contribution in [1.82, 2.24) is 4.90 Å². The Morgan fingerprint density at radius 3 is 2.60 bits per heavy atom. The molecule has 0 atom stereocenters. The van der Waals surface area contributed by atoms with Gasteiger partial charge in [0, 0.05) is 13.1 Å². The smallest absolute Gasteiger partial charge is 0.157 e. The Morgan fingerprint density at radius 1 is 1.27 bits per heavy atom. The van der Waals surface area contributed by atoms with E-state index in [1.54, 1.807) is 12.1 Å². The monoisotopic (exact) mass is 204 g/mol. The lowest BCUT2D eigenvalue weighted by Crippen LogP contribution is -2.30. The molecule has 1 aliphatic rings. The van der Waals surface area contributed by atoms with Gasteiger partial charge in [0.1, 0.15) is 0 Å². The third-order valence-electron chi connectivity index (χ3n) is 2.68. The lowest BCUT2D eigenvalue weighted by molar-refractivity contribution is 0.283. The average Bonchev–Trinajstić information content (AvgIpc) is 2.21. The van der Waals surface area contributed by atoms with Crippen LogP contribution >= 0.6 is 0 Å². The van der Waals surface area contributed by atoms with Gasteiger partial charge in [-0.15, -0.1) is 0 Å². The van der Waals surface area contributed by atoms with Crippen molar-refractivity contribution in [2.45, 2.75) is 13.0 Å². The van der Waals surface area contributed by atoms with Gasteiger partial charge in [0.2, 0.25) is 0 Å². The predicted molar refractivity (Wildman–Crippen MR) is 54.4 cm³/mol. The molecule has 0 radical (unpaired) electrons. The molecule has 0 saturated heterocycles. The highest BCUT2D eigenvalue weighted by Crippen LogP contribution is 2.31. The molecule has 0 amide bonds. The molecule has 0 aromatic heterocycles. The van der Waals surface area contributed by atoms with Crippen LogP contribution < -0.4 is 0 Å². The van der Waals surface area contributed by atoms with Crippen LogP contribution in [0.5, 0.6) is 11.5 Å². The molecule has 2 rings (SSSR count). The van der Waals surface area contributed by atoms with Gasteiger partial charge in [-0.25, -0.2) is 0 Å². The zero-order chi connectivity index (χ0) is 10.8. The fourth-order valence-corrected chi connectivity index (χ4v) is 1.88. The first-order chi connectivity index (χ1) is 7.20. The highest BCUT2D eigenvalue weighted by Gasteiger charge is 2.17. The fourth-order valence-electron chi connectivity index (χ4n) is 1.88. The van der Waals surface area contributed by atoms with Gasteiger partial charge in [0.15, 0.2) is 11.5 Å². The number of benzene rings is 1. The molecule has 0 saturated carbocycles. The van der Waals surface area contributed by atoms with E-state index in [0.717, 1.165) is 24.1 Å². The molecule has 1 aliphatic heterocycles. The Balaban J connectivity index is 2.27. The number of hydrogen-bond donors (Lipinski definition) is 2. The van der Waals surface area contributed by atoms with Crippen LogP contribution in [0, 0.1) is 11.3 Å². The minimum Gasteiger partial charge on any atom is -0.504 e. The molecule has 15 heavy (non-hydrogen) atoms. The summed E-state index contributed by atoms with van der Waals surface area (Å²) in [6.45, 7) is 1.89. The molecule has 1 heterocycles. The van der Waals surface area contributed by atoms with E-state index in [1.807, 2.05) is 4.90 Å². The molecule has 1 aromatic carbocycles. The second kappa shape index (κ2) is 3.79. The largest absolute Gasteiger partial charge is 0.504 e. The summed E-state index contributed by atoms with van der Waals surface area (Å²) < 4.78 is 0. The zero-order valence-corrected chi connectivity index (χ0v) is 8.27. The summed E-state index contributed by atoms with van der Waals surface area (Å²) in [6.07, 6.45) is 0.810. The van der Waals surface area contributed by atoms with E-state index in [-0.39, 0.29) is 11.5 Å². The van der Waals surface area contributed by atoms with Crippen LogP contribution in [-0.4, -0.2) is 28.2 Å². The summed E-state index contributed by atoms with van der Waals surface area (Å²) in [6, 6.07) is 5.29. The molecule has 2 N–H and O–H groups in total. The van der Waals surface area contributed by atoms with Gasteiger partial charge in [-0.1, -0.05) is 0 Å². The van der Waals surface area contributed by atoms with Crippen LogP contribution in [0.15, 0.2) is 12.1 Å². The highest BCUT2D eigenvalue weighted by atomic mass is 16.3. The third kappa shape index (κ3) is 1.88. The number of rotatable bonds is 1. The molecule has 0 unspecified atom stereocenters. The molecule has 0 bridgehead atoms. The first-order valence-corrected chi connectivity index (χ1v) is 4.83. The van der Waals surface area contributed by atoms with E-state index in [0.29, 0.717) is 13.1 Å². The standard InChI is InChI=1S/C11H12N2O2/c12-2-4-13-3-1-8-5-10(14)11(15)6-9(8)7-13/h5-6,14-15H,1,3-4,7H2. The Morgan fingerprint density at radius 2 is 1.93 bits per heavy atom. The molecule has 0 fully saturated rings. The predicted octanol–water partition coefficient (Wildman–Crippen LogP) is 0.979. The van der Waals surface area contributed by atoms with E-state index < -0.39 is 0 Å². The molecule has 0 spiro atoms. The molecule has 0 aliphatic carbocycles. The van der Waals surface area contributed by atoms with E-state index >= 15 is 0 Å². The topological polar surface area (TPSA) is 67.5 Å². The van der Waals surface area contributed by atoms with Gasteiger partial charge in [-0.2, -0.15) is 5.26 Å². The normalized spacial score (nSPS) is 15.7. The summed E-state index contributed by atoms with van der Waals surface area (Å²) >= 11 is 0. The van der Waals surface area contributed by atoms with E-state index in [2.05, 4.69) is 6.07 Å². The second-order valence-electron chi connectivity index (χ2n) is 3.73. The minimum atomic E-state index is -0.0902. The fraction of sp³-hybridized carbons (Fsp3) is 0.364. The Bertz CT molecular complexity index is 423. The van der Waals surface area contributed by atoms with Crippen molar-refractivity contribution in [3.05, 3.63) is 23.3 Å². The Hall–Kier alpha value is -1.73. The van der Waals surface area contributed by atoms with Gasteiger partial charge in [-0.05, 0) is 29.7 Å². The second-order valence-corrected chi connectivity index (χ2v) is 3.73. The average molecular weight is 204 g/mol. The number of hydrogen-bond acceptors (Lipinski definition) is 4. The van der Waals surface area contributed by atoms with Crippen molar-refractivity contribution in [2.75, 3.05) is 13.1 Å². The van der Waals surface area contributed by atoms with Gasteiger partial charge in [0.25, 0.3) is 0 Å². The summed E-state index contributed by atoms with van der Waals surface area (Å²) in [4.78, 5) is 2.01. The number of phenols is 2. The van der Waals surface area contributed by atoms with Crippen molar-refractivity contribution in [3.8, 4) is 17.6 Å². The lowest BCUT2D eigenvalue weighted by atomic mass is 9.99. The summed E-state index contributed by atoms with van der Waals surface area (Å²) in [5.74, 6) is -0.157. The Kier molecular flexibility index (Phi) is 2.48. The van der Waals surface area contributed by atoms with Crippen LogP contribution in [0.1, 0.15) is 11.1 Å². The van der Waals surface area contributed by atoms with Crippen molar-refractivity contribution >= 4 is 0 Å². The quantitative estimate of drug-likeness (QED) is 0.528. The minimum absolute atomic E-state index is 0.0671. The SMILES string of the molecule is N#CCN1CCc2cc(O)c(O)cc2C1. The van der Waals surface area contributed by atoms with Crippen molar-refractivity contribution < 1.29 is 10.2 Å². The first-order valence-electron chi connectivity index (χ1n) is 4.83. The van der Waals surface area contributed by atoms with E-state index in [4.69, 9.17) is 5.26 Å². The molecular weight excluding hydrogens is 192 g/mol. The van der Waals surface area contributed by atoms with Crippen LogP contribution in [0.4, 0.5) is 0 Å². The van der Waals surface area contributed by atoms with Gasteiger partial charge >= 0.3 is 0 Å². The van der Waals surface area contributed by atoms with Crippen molar-refractivity contribution in [3.63, 3.8) is 0 Å². The van der Waals surface area contributed by atoms with Crippen molar-refractivity contribution in [2.24, 2.45) is 0 Å². The van der Waals surface area contributed by atoms with Gasteiger partial charge < -0.3 is 10.2 Å². The molecule has 78 valence electrons. The Labute approximate surface area is 88.0 Å². The number of nitrogens with zero attached hydrogens (tertiary/aromatic N) is 2. The van der Waals surface area contributed by atoms with Crippen LogP contribution in [0.3, 0.4) is 0 Å². The lowest BCUT2D eigenvalue weighted by Gasteiger charge is -2.26.